The third-order valence-corrected chi connectivity index (χ3v) is 4.71. The third kappa shape index (κ3) is 5.33. The quantitative estimate of drug-likeness (QED) is 0.471. The van der Waals surface area contributed by atoms with Crippen molar-refractivity contribution >= 4 is 5.91 Å². The first kappa shape index (κ1) is 20.3. The number of para-hydroxylation sites is 1. The molecule has 0 spiro atoms. The van der Waals surface area contributed by atoms with Crippen LogP contribution in [0.3, 0.4) is 0 Å². The Bertz CT molecular complexity index is 1130. The minimum absolute atomic E-state index is 0.0643. The monoisotopic (exact) mass is 416 g/mol. The maximum Gasteiger partial charge on any atom is 0.274 e. The summed E-state index contributed by atoms with van der Waals surface area (Å²) in [5, 5.41) is 10.9. The Balaban J connectivity index is 1.46. The van der Waals surface area contributed by atoms with E-state index in [-0.39, 0.29) is 24.0 Å². The van der Waals surface area contributed by atoms with Crippen molar-refractivity contribution in [2.45, 2.75) is 12.6 Å². The van der Waals surface area contributed by atoms with E-state index in [0.717, 1.165) is 11.1 Å². The zero-order chi connectivity index (χ0) is 21.5. The Labute approximate surface area is 179 Å². The molecule has 31 heavy (non-hydrogen) atoms. The first-order valence-electron chi connectivity index (χ1n) is 9.86. The molecule has 0 bridgehead atoms. The van der Waals surface area contributed by atoms with Crippen LogP contribution >= 0.6 is 0 Å². The van der Waals surface area contributed by atoms with Crippen LogP contribution in [0.15, 0.2) is 91.1 Å². The average Bonchev–Trinajstić information content (AvgIpc) is 3.27. The number of ether oxygens (including phenoxy) is 1. The SMILES string of the molecule is O=C(NC(COc1ccccc1F)c1ccccc1)c1cn(Cc2ccccc2)nn1. The number of nitrogens with one attached hydrogen (secondary N) is 1. The van der Waals surface area contributed by atoms with Gasteiger partial charge in [-0.05, 0) is 23.3 Å². The Kier molecular flexibility index (Phi) is 6.32. The van der Waals surface area contributed by atoms with Gasteiger partial charge in [-0.2, -0.15) is 0 Å². The number of rotatable bonds is 8. The normalized spacial score (nSPS) is 11.6. The number of aromatic nitrogens is 3. The van der Waals surface area contributed by atoms with Gasteiger partial charge in [-0.1, -0.05) is 78.0 Å². The van der Waals surface area contributed by atoms with E-state index in [0.29, 0.717) is 6.54 Å². The van der Waals surface area contributed by atoms with E-state index < -0.39 is 11.9 Å². The van der Waals surface area contributed by atoms with Crippen LogP contribution in [0.5, 0.6) is 5.75 Å². The van der Waals surface area contributed by atoms with E-state index in [1.165, 1.54) is 6.07 Å². The molecule has 1 amide bonds. The van der Waals surface area contributed by atoms with Gasteiger partial charge < -0.3 is 10.1 Å². The molecule has 4 rings (SSSR count). The molecule has 1 N–H and O–H groups in total. The van der Waals surface area contributed by atoms with Crippen LogP contribution in [0.25, 0.3) is 0 Å². The molecule has 1 unspecified atom stereocenters. The lowest BCUT2D eigenvalue weighted by molar-refractivity contribution is 0.0915. The van der Waals surface area contributed by atoms with Crippen LogP contribution in [-0.4, -0.2) is 27.5 Å². The van der Waals surface area contributed by atoms with Crippen molar-refractivity contribution in [2.75, 3.05) is 6.61 Å². The molecular formula is C24H21FN4O2. The summed E-state index contributed by atoms with van der Waals surface area (Å²) in [6.45, 7) is 0.578. The Morgan fingerprint density at radius 3 is 2.39 bits per heavy atom. The summed E-state index contributed by atoms with van der Waals surface area (Å²) in [5.41, 5.74) is 2.09. The maximum atomic E-state index is 13.9. The number of halogens is 1. The zero-order valence-corrected chi connectivity index (χ0v) is 16.7. The molecule has 1 heterocycles. The van der Waals surface area contributed by atoms with Gasteiger partial charge in [0.15, 0.2) is 17.3 Å². The maximum absolute atomic E-state index is 13.9. The highest BCUT2D eigenvalue weighted by atomic mass is 19.1. The fourth-order valence-corrected chi connectivity index (χ4v) is 3.12. The number of carbonyl (C=O) groups excluding carboxylic acids is 1. The second-order valence-electron chi connectivity index (χ2n) is 6.97. The number of benzene rings is 3. The summed E-state index contributed by atoms with van der Waals surface area (Å²) in [5.74, 6) is -0.707. The molecule has 0 saturated heterocycles. The van der Waals surface area contributed by atoms with Crippen molar-refractivity contribution in [1.29, 1.82) is 0 Å². The summed E-state index contributed by atoms with van der Waals surface area (Å²) in [6, 6.07) is 24.8. The highest BCUT2D eigenvalue weighted by molar-refractivity contribution is 5.92. The Hall–Kier alpha value is -4.00. The van der Waals surface area contributed by atoms with Gasteiger partial charge in [-0.15, -0.1) is 5.10 Å². The van der Waals surface area contributed by atoms with E-state index in [4.69, 9.17) is 4.74 Å². The molecule has 6 nitrogen and oxygen atoms in total. The number of nitrogens with zero attached hydrogens (tertiary/aromatic N) is 3. The smallest absolute Gasteiger partial charge is 0.274 e. The molecule has 0 saturated carbocycles. The lowest BCUT2D eigenvalue weighted by atomic mass is 10.1. The van der Waals surface area contributed by atoms with Gasteiger partial charge in [0.2, 0.25) is 0 Å². The molecule has 0 fully saturated rings. The zero-order valence-electron chi connectivity index (χ0n) is 16.7. The van der Waals surface area contributed by atoms with Crippen molar-refractivity contribution in [2.24, 2.45) is 0 Å². The molecule has 0 aliphatic rings. The van der Waals surface area contributed by atoms with Crippen molar-refractivity contribution in [1.82, 2.24) is 20.3 Å². The van der Waals surface area contributed by atoms with Crippen LogP contribution in [0.4, 0.5) is 4.39 Å². The molecular weight excluding hydrogens is 395 g/mol. The third-order valence-electron chi connectivity index (χ3n) is 4.71. The van der Waals surface area contributed by atoms with Gasteiger partial charge in [0.05, 0.1) is 18.8 Å². The topological polar surface area (TPSA) is 69.0 Å². The van der Waals surface area contributed by atoms with Gasteiger partial charge in [0.25, 0.3) is 5.91 Å². The lowest BCUT2D eigenvalue weighted by Crippen LogP contribution is -2.32. The van der Waals surface area contributed by atoms with Gasteiger partial charge in [0.1, 0.15) is 6.61 Å². The average molecular weight is 416 g/mol. The van der Waals surface area contributed by atoms with Gasteiger partial charge in [-0.25, -0.2) is 9.07 Å². The van der Waals surface area contributed by atoms with Gasteiger partial charge in [0, 0.05) is 0 Å². The van der Waals surface area contributed by atoms with Crippen LogP contribution in [0.2, 0.25) is 0 Å². The van der Waals surface area contributed by atoms with Crippen molar-refractivity contribution in [3.8, 4) is 5.75 Å². The predicted octanol–water partition coefficient (Wildman–Crippen LogP) is 4.02. The van der Waals surface area contributed by atoms with Crippen molar-refractivity contribution < 1.29 is 13.9 Å². The van der Waals surface area contributed by atoms with Crippen molar-refractivity contribution in [3.63, 3.8) is 0 Å². The van der Waals surface area contributed by atoms with E-state index >= 15 is 0 Å². The first-order valence-corrected chi connectivity index (χ1v) is 9.86. The largest absolute Gasteiger partial charge is 0.488 e. The summed E-state index contributed by atoms with van der Waals surface area (Å²) in [6.07, 6.45) is 1.60. The summed E-state index contributed by atoms with van der Waals surface area (Å²) >= 11 is 0. The summed E-state index contributed by atoms with van der Waals surface area (Å²) in [4.78, 5) is 12.8. The number of carbonyl (C=O) groups is 1. The second kappa shape index (κ2) is 9.67. The predicted molar refractivity (Wildman–Crippen MR) is 114 cm³/mol. The van der Waals surface area contributed by atoms with Gasteiger partial charge >= 0.3 is 0 Å². The molecule has 0 radical (unpaired) electrons. The minimum atomic E-state index is -0.493. The number of hydrogen-bond acceptors (Lipinski definition) is 4. The molecule has 1 atom stereocenters. The summed E-state index contributed by atoms with van der Waals surface area (Å²) in [7, 11) is 0. The molecule has 7 heteroatoms. The molecule has 156 valence electrons. The highest BCUT2D eigenvalue weighted by Gasteiger charge is 2.19. The molecule has 4 aromatic rings. The van der Waals surface area contributed by atoms with E-state index in [2.05, 4.69) is 15.6 Å². The molecule has 0 aliphatic carbocycles. The Morgan fingerprint density at radius 1 is 0.968 bits per heavy atom. The highest BCUT2D eigenvalue weighted by Crippen LogP contribution is 2.19. The fourth-order valence-electron chi connectivity index (χ4n) is 3.12. The number of hydrogen-bond donors (Lipinski definition) is 1. The standard InChI is InChI=1S/C24H21FN4O2/c25-20-13-7-8-14-23(20)31-17-22(19-11-5-2-6-12-19)26-24(30)21-16-29(28-27-21)15-18-9-3-1-4-10-18/h1-14,16,22H,15,17H2,(H,26,30). The lowest BCUT2D eigenvalue weighted by Gasteiger charge is -2.19. The molecule has 1 aromatic heterocycles. The van der Waals surface area contributed by atoms with E-state index in [9.17, 15) is 9.18 Å². The van der Waals surface area contributed by atoms with Crippen LogP contribution < -0.4 is 10.1 Å². The number of amides is 1. The molecule has 0 aliphatic heterocycles. The Morgan fingerprint density at radius 2 is 1.65 bits per heavy atom. The van der Waals surface area contributed by atoms with Crippen LogP contribution in [0, 0.1) is 5.82 Å². The minimum Gasteiger partial charge on any atom is -0.488 e. The fraction of sp³-hybridized carbons (Fsp3) is 0.125. The van der Waals surface area contributed by atoms with E-state index in [1.54, 1.807) is 29.1 Å². The molecule has 3 aromatic carbocycles. The second-order valence-corrected chi connectivity index (χ2v) is 6.97. The first-order chi connectivity index (χ1) is 15.2. The summed E-state index contributed by atoms with van der Waals surface area (Å²) < 4.78 is 21.2. The van der Waals surface area contributed by atoms with Crippen LogP contribution in [-0.2, 0) is 6.54 Å². The van der Waals surface area contributed by atoms with Gasteiger partial charge in [-0.3, -0.25) is 4.79 Å². The van der Waals surface area contributed by atoms with E-state index in [1.807, 2.05) is 60.7 Å². The van der Waals surface area contributed by atoms with Crippen LogP contribution in [0.1, 0.15) is 27.7 Å². The van der Waals surface area contributed by atoms with Crippen molar-refractivity contribution in [3.05, 3.63) is 114 Å².